The van der Waals surface area contributed by atoms with Gasteiger partial charge in [0, 0.05) is 0 Å². The monoisotopic (exact) mass is 245 g/mol. The Morgan fingerprint density at radius 3 is 2.56 bits per heavy atom. The van der Waals surface area contributed by atoms with E-state index in [-0.39, 0.29) is 0 Å². The molecule has 18 heavy (non-hydrogen) atoms. The molecule has 0 bridgehead atoms. The first-order chi connectivity index (χ1) is 8.79. The smallest absolute Gasteiger partial charge is 0.238 e. The minimum Gasteiger partial charge on any atom is -0.490 e. The molecule has 0 fully saturated rings. The van der Waals surface area contributed by atoms with E-state index in [0.717, 1.165) is 6.42 Å². The molecule has 0 amide bonds. The normalized spacial score (nSPS) is 10.1. The van der Waals surface area contributed by atoms with Gasteiger partial charge in [0.25, 0.3) is 0 Å². The number of nitrogen functional groups attached to an aromatic ring is 1. The van der Waals surface area contributed by atoms with Crippen LogP contribution in [-0.2, 0) is 0 Å². The Kier molecular flexibility index (Phi) is 3.96. The van der Waals surface area contributed by atoms with Crippen LogP contribution in [0.3, 0.4) is 0 Å². The molecule has 2 aromatic rings. The summed E-state index contributed by atoms with van der Waals surface area (Å²) in [4.78, 5) is 7.95. The van der Waals surface area contributed by atoms with Crippen molar-refractivity contribution in [2.24, 2.45) is 0 Å². The fraction of sp³-hybridized carbons (Fsp3) is 0.231. The minimum absolute atomic E-state index is 0.359. The van der Waals surface area contributed by atoms with Gasteiger partial charge in [-0.05, 0) is 18.6 Å². The molecule has 1 aromatic heterocycles. The Bertz CT molecular complexity index is 500. The number of aromatic nitrogens is 2. The van der Waals surface area contributed by atoms with Crippen LogP contribution < -0.4 is 15.2 Å². The van der Waals surface area contributed by atoms with Gasteiger partial charge >= 0.3 is 0 Å². The van der Waals surface area contributed by atoms with Crippen molar-refractivity contribution in [2.75, 3.05) is 12.3 Å². The number of hydrogen-bond acceptors (Lipinski definition) is 5. The van der Waals surface area contributed by atoms with Crippen molar-refractivity contribution in [2.45, 2.75) is 13.3 Å². The van der Waals surface area contributed by atoms with Crippen LogP contribution in [0.1, 0.15) is 13.3 Å². The average molecular weight is 245 g/mol. The number of rotatable bonds is 5. The molecular formula is C13H15N3O2. The van der Waals surface area contributed by atoms with E-state index in [1.54, 1.807) is 0 Å². The van der Waals surface area contributed by atoms with E-state index in [1.165, 1.54) is 12.4 Å². The molecule has 0 atom stereocenters. The maximum atomic E-state index is 5.61. The second kappa shape index (κ2) is 5.86. The first kappa shape index (κ1) is 12.2. The second-order valence-electron chi connectivity index (χ2n) is 3.68. The predicted octanol–water partition coefficient (Wildman–Crippen LogP) is 2.64. The number of para-hydroxylation sites is 2. The Labute approximate surface area is 106 Å². The molecule has 0 saturated carbocycles. The zero-order valence-electron chi connectivity index (χ0n) is 10.2. The summed E-state index contributed by atoms with van der Waals surface area (Å²) >= 11 is 0. The highest BCUT2D eigenvalue weighted by atomic mass is 16.5. The fourth-order valence-corrected chi connectivity index (χ4v) is 1.36. The topological polar surface area (TPSA) is 70.3 Å². The number of benzene rings is 1. The third-order valence-electron chi connectivity index (χ3n) is 2.17. The van der Waals surface area contributed by atoms with Gasteiger partial charge in [-0.15, -0.1) is 0 Å². The summed E-state index contributed by atoms with van der Waals surface area (Å²) < 4.78 is 11.2. The summed E-state index contributed by atoms with van der Waals surface area (Å²) in [6.45, 7) is 2.70. The first-order valence-electron chi connectivity index (χ1n) is 5.77. The zero-order chi connectivity index (χ0) is 12.8. The molecule has 2 rings (SSSR count). The molecule has 0 saturated heterocycles. The number of nitrogens with zero attached hydrogens (tertiary/aromatic N) is 2. The highest BCUT2D eigenvalue weighted by Crippen LogP contribution is 2.30. The highest BCUT2D eigenvalue weighted by Gasteiger charge is 2.06. The van der Waals surface area contributed by atoms with E-state index in [2.05, 4.69) is 16.9 Å². The van der Waals surface area contributed by atoms with Gasteiger partial charge in [0.2, 0.25) is 5.88 Å². The second-order valence-corrected chi connectivity index (χ2v) is 3.68. The van der Waals surface area contributed by atoms with Crippen molar-refractivity contribution in [1.29, 1.82) is 0 Å². The molecule has 5 nitrogen and oxygen atoms in total. The molecule has 94 valence electrons. The van der Waals surface area contributed by atoms with Crippen LogP contribution in [0.2, 0.25) is 0 Å². The van der Waals surface area contributed by atoms with E-state index in [9.17, 15) is 0 Å². The SMILES string of the molecule is CCCOc1ccccc1Oc1cnc(N)cn1. The lowest BCUT2D eigenvalue weighted by atomic mass is 10.3. The molecule has 0 radical (unpaired) electrons. The van der Waals surface area contributed by atoms with E-state index < -0.39 is 0 Å². The van der Waals surface area contributed by atoms with Crippen molar-refractivity contribution in [3.63, 3.8) is 0 Å². The van der Waals surface area contributed by atoms with Crippen molar-refractivity contribution in [3.05, 3.63) is 36.7 Å². The fourth-order valence-electron chi connectivity index (χ4n) is 1.36. The van der Waals surface area contributed by atoms with E-state index >= 15 is 0 Å². The van der Waals surface area contributed by atoms with Gasteiger partial charge in [0.05, 0.1) is 19.0 Å². The number of hydrogen-bond donors (Lipinski definition) is 1. The molecule has 0 aliphatic rings. The third-order valence-corrected chi connectivity index (χ3v) is 2.17. The summed E-state index contributed by atoms with van der Waals surface area (Å²) in [6, 6.07) is 7.45. The first-order valence-corrected chi connectivity index (χ1v) is 5.77. The Hall–Kier alpha value is -2.30. The Morgan fingerprint density at radius 2 is 1.89 bits per heavy atom. The lowest BCUT2D eigenvalue weighted by molar-refractivity contribution is 0.300. The summed E-state index contributed by atoms with van der Waals surface area (Å²) in [5.41, 5.74) is 5.46. The maximum absolute atomic E-state index is 5.61. The molecule has 0 spiro atoms. The van der Waals surface area contributed by atoms with Crippen molar-refractivity contribution in [3.8, 4) is 17.4 Å². The predicted molar refractivity (Wildman–Crippen MR) is 68.7 cm³/mol. The highest BCUT2D eigenvalue weighted by molar-refractivity contribution is 5.41. The average Bonchev–Trinajstić information content (AvgIpc) is 2.40. The minimum atomic E-state index is 0.359. The van der Waals surface area contributed by atoms with Crippen molar-refractivity contribution in [1.82, 2.24) is 9.97 Å². The molecule has 0 aliphatic carbocycles. The lowest BCUT2D eigenvalue weighted by Gasteiger charge is -2.10. The lowest BCUT2D eigenvalue weighted by Crippen LogP contribution is -1.98. The van der Waals surface area contributed by atoms with Crippen LogP contribution >= 0.6 is 0 Å². The van der Waals surface area contributed by atoms with Gasteiger partial charge in [0.15, 0.2) is 11.5 Å². The number of ether oxygens (including phenoxy) is 2. The third kappa shape index (κ3) is 3.10. The Balaban J connectivity index is 2.15. The standard InChI is InChI=1S/C13H15N3O2/c1-2-7-17-10-5-3-4-6-11(10)18-13-9-15-12(14)8-16-13/h3-6,8-9H,2,7H2,1H3,(H2,14,15). The Morgan fingerprint density at radius 1 is 1.11 bits per heavy atom. The van der Waals surface area contributed by atoms with Gasteiger partial charge in [0.1, 0.15) is 5.82 Å². The van der Waals surface area contributed by atoms with Gasteiger partial charge in [-0.1, -0.05) is 19.1 Å². The maximum Gasteiger partial charge on any atom is 0.238 e. The van der Waals surface area contributed by atoms with Crippen molar-refractivity contribution >= 4 is 5.82 Å². The van der Waals surface area contributed by atoms with E-state index in [4.69, 9.17) is 15.2 Å². The van der Waals surface area contributed by atoms with Crippen LogP contribution in [0.4, 0.5) is 5.82 Å². The summed E-state index contributed by atoms with van der Waals surface area (Å²) in [7, 11) is 0. The molecule has 0 unspecified atom stereocenters. The van der Waals surface area contributed by atoms with E-state index in [1.807, 2.05) is 24.3 Å². The number of nitrogens with two attached hydrogens (primary N) is 1. The van der Waals surface area contributed by atoms with Gasteiger partial charge < -0.3 is 15.2 Å². The molecule has 1 aromatic carbocycles. The largest absolute Gasteiger partial charge is 0.490 e. The molecule has 2 N–H and O–H groups in total. The summed E-state index contributed by atoms with van der Waals surface area (Å²) in [6.07, 6.45) is 3.87. The van der Waals surface area contributed by atoms with Gasteiger partial charge in [-0.25, -0.2) is 9.97 Å². The van der Waals surface area contributed by atoms with Crippen LogP contribution in [0.5, 0.6) is 17.4 Å². The van der Waals surface area contributed by atoms with Crippen LogP contribution in [0.25, 0.3) is 0 Å². The van der Waals surface area contributed by atoms with Gasteiger partial charge in [-0.3, -0.25) is 0 Å². The van der Waals surface area contributed by atoms with Crippen LogP contribution in [0, 0.1) is 0 Å². The molecular weight excluding hydrogens is 230 g/mol. The molecule has 1 heterocycles. The quantitative estimate of drug-likeness (QED) is 0.876. The van der Waals surface area contributed by atoms with Gasteiger partial charge in [-0.2, -0.15) is 0 Å². The zero-order valence-corrected chi connectivity index (χ0v) is 10.2. The molecule has 5 heteroatoms. The molecule has 0 aliphatic heterocycles. The summed E-state index contributed by atoms with van der Waals surface area (Å²) in [5.74, 6) is 2.05. The summed E-state index contributed by atoms with van der Waals surface area (Å²) in [5, 5.41) is 0. The van der Waals surface area contributed by atoms with E-state index in [0.29, 0.717) is 29.8 Å². The number of anilines is 1. The van der Waals surface area contributed by atoms with Crippen LogP contribution in [0.15, 0.2) is 36.7 Å². The van der Waals surface area contributed by atoms with Crippen LogP contribution in [-0.4, -0.2) is 16.6 Å². The van der Waals surface area contributed by atoms with Crippen molar-refractivity contribution < 1.29 is 9.47 Å².